The lowest BCUT2D eigenvalue weighted by Gasteiger charge is -2.38. The number of anilines is 1. The third-order valence-corrected chi connectivity index (χ3v) is 6.99. The standard InChI is InChI=1S/C28H31Cl2N3O3.ClH/c1-35-27-10-6-5-9-26(27)32-13-15-33(16-14-32)28(34)25(31-18-21-7-3-2-4-8-21)20-36-19-22-11-12-23(29)24(30)17-22;/h2-12,17,25,31H,13-16,18-20H2,1H3;1H/t25-;/m0./s1. The van der Waals surface area contributed by atoms with Crippen LogP contribution in [0, 0.1) is 0 Å². The first-order valence-corrected chi connectivity index (χ1v) is 12.8. The molecule has 1 N–H and O–H groups in total. The van der Waals surface area contributed by atoms with Crippen molar-refractivity contribution in [3.8, 4) is 5.75 Å². The summed E-state index contributed by atoms with van der Waals surface area (Å²) in [5, 5.41) is 4.40. The molecule has 198 valence electrons. The van der Waals surface area contributed by atoms with Gasteiger partial charge in [-0.05, 0) is 35.4 Å². The Morgan fingerprint density at radius 2 is 1.62 bits per heavy atom. The molecule has 0 aromatic heterocycles. The van der Waals surface area contributed by atoms with Gasteiger partial charge >= 0.3 is 0 Å². The van der Waals surface area contributed by atoms with Crippen molar-refractivity contribution in [1.82, 2.24) is 10.2 Å². The number of hydrogen-bond acceptors (Lipinski definition) is 5. The maximum absolute atomic E-state index is 13.5. The van der Waals surface area contributed by atoms with Crippen molar-refractivity contribution >= 4 is 47.2 Å². The van der Waals surface area contributed by atoms with Crippen molar-refractivity contribution in [3.05, 3.63) is 94.0 Å². The van der Waals surface area contributed by atoms with E-state index in [1.54, 1.807) is 19.2 Å². The van der Waals surface area contributed by atoms with Crippen molar-refractivity contribution < 1.29 is 14.3 Å². The van der Waals surface area contributed by atoms with Crippen LogP contribution in [0.5, 0.6) is 5.75 Å². The summed E-state index contributed by atoms with van der Waals surface area (Å²) in [6.45, 7) is 3.91. The molecule has 1 atom stereocenters. The molecule has 6 nitrogen and oxygen atoms in total. The van der Waals surface area contributed by atoms with Crippen LogP contribution in [-0.2, 0) is 22.7 Å². The highest BCUT2D eigenvalue weighted by Crippen LogP contribution is 2.28. The number of nitrogens with one attached hydrogen (secondary N) is 1. The van der Waals surface area contributed by atoms with Crippen molar-refractivity contribution in [2.45, 2.75) is 19.2 Å². The Balaban J connectivity index is 0.00000380. The van der Waals surface area contributed by atoms with E-state index in [2.05, 4.69) is 16.3 Å². The quantitative estimate of drug-likeness (QED) is 0.355. The average Bonchev–Trinajstić information content (AvgIpc) is 2.92. The molecule has 1 amide bonds. The molecule has 3 aromatic rings. The summed E-state index contributed by atoms with van der Waals surface area (Å²) in [5.74, 6) is 0.884. The minimum Gasteiger partial charge on any atom is -0.495 e. The largest absolute Gasteiger partial charge is 0.495 e. The molecule has 3 aromatic carbocycles. The molecule has 0 saturated carbocycles. The summed E-state index contributed by atoms with van der Waals surface area (Å²) in [7, 11) is 1.68. The molecule has 1 fully saturated rings. The van der Waals surface area contributed by atoms with E-state index in [4.69, 9.17) is 32.7 Å². The number of para-hydroxylation sites is 2. The molecule has 1 heterocycles. The summed E-state index contributed by atoms with van der Waals surface area (Å²) in [6.07, 6.45) is 0. The molecule has 1 saturated heterocycles. The van der Waals surface area contributed by atoms with Crippen LogP contribution in [0.4, 0.5) is 5.69 Å². The minimum absolute atomic E-state index is 0. The van der Waals surface area contributed by atoms with Crippen molar-refractivity contribution in [2.24, 2.45) is 0 Å². The average molecular weight is 565 g/mol. The van der Waals surface area contributed by atoms with Gasteiger partial charge in [-0.1, -0.05) is 71.7 Å². The van der Waals surface area contributed by atoms with Crippen LogP contribution < -0.4 is 15.0 Å². The van der Waals surface area contributed by atoms with Gasteiger partial charge in [0.05, 0.1) is 36.1 Å². The van der Waals surface area contributed by atoms with Crippen molar-refractivity contribution in [3.63, 3.8) is 0 Å². The smallest absolute Gasteiger partial charge is 0.242 e. The molecule has 4 rings (SSSR count). The fourth-order valence-corrected chi connectivity index (χ4v) is 4.58. The van der Waals surface area contributed by atoms with Crippen LogP contribution >= 0.6 is 35.6 Å². The Morgan fingerprint density at radius 3 is 2.32 bits per heavy atom. The van der Waals surface area contributed by atoms with Gasteiger partial charge in [0, 0.05) is 32.7 Å². The van der Waals surface area contributed by atoms with Gasteiger partial charge in [0.2, 0.25) is 5.91 Å². The molecular formula is C28H32Cl3N3O3. The van der Waals surface area contributed by atoms with E-state index in [0.717, 1.165) is 35.7 Å². The zero-order valence-electron chi connectivity index (χ0n) is 20.7. The molecule has 0 unspecified atom stereocenters. The number of carbonyl (C=O) groups is 1. The van der Waals surface area contributed by atoms with Crippen LogP contribution in [0.1, 0.15) is 11.1 Å². The van der Waals surface area contributed by atoms with Gasteiger partial charge < -0.3 is 19.3 Å². The summed E-state index contributed by atoms with van der Waals surface area (Å²) in [5.41, 5.74) is 3.07. The van der Waals surface area contributed by atoms with Gasteiger partial charge in [0.1, 0.15) is 11.8 Å². The van der Waals surface area contributed by atoms with E-state index in [0.29, 0.717) is 36.3 Å². The number of hydrogen-bond donors (Lipinski definition) is 1. The van der Waals surface area contributed by atoms with Gasteiger partial charge in [-0.15, -0.1) is 12.4 Å². The first-order chi connectivity index (χ1) is 17.5. The van der Waals surface area contributed by atoms with Gasteiger partial charge in [-0.25, -0.2) is 0 Å². The molecule has 0 radical (unpaired) electrons. The summed E-state index contributed by atoms with van der Waals surface area (Å²) in [6, 6.07) is 23.0. The Labute approximate surface area is 234 Å². The van der Waals surface area contributed by atoms with E-state index >= 15 is 0 Å². The molecule has 1 aliphatic rings. The molecule has 37 heavy (non-hydrogen) atoms. The Hall–Kier alpha value is -2.48. The van der Waals surface area contributed by atoms with Crippen molar-refractivity contribution in [2.75, 3.05) is 44.8 Å². The van der Waals surface area contributed by atoms with Crippen LogP contribution in [0.15, 0.2) is 72.8 Å². The summed E-state index contributed by atoms with van der Waals surface area (Å²) >= 11 is 12.1. The van der Waals surface area contributed by atoms with E-state index in [-0.39, 0.29) is 24.9 Å². The van der Waals surface area contributed by atoms with Crippen LogP contribution in [-0.4, -0.2) is 56.7 Å². The maximum atomic E-state index is 13.5. The molecule has 0 spiro atoms. The Kier molecular flexibility index (Phi) is 11.4. The first kappa shape index (κ1) is 29.1. The number of amides is 1. The Morgan fingerprint density at radius 1 is 0.919 bits per heavy atom. The maximum Gasteiger partial charge on any atom is 0.242 e. The lowest BCUT2D eigenvalue weighted by Crippen LogP contribution is -2.55. The SMILES string of the molecule is COc1ccccc1N1CCN(C(=O)[C@H](COCc2ccc(Cl)c(Cl)c2)NCc2ccccc2)CC1.Cl. The number of rotatable bonds is 10. The monoisotopic (exact) mass is 563 g/mol. The lowest BCUT2D eigenvalue weighted by molar-refractivity contribution is -0.135. The van der Waals surface area contributed by atoms with Crippen LogP contribution in [0.25, 0.3) is 0 Å². The predicted molar refractivity (Wildman–Crippen MR) is 152 cm³/mol. The molecule has 0 bridgehead atoms. The van der Waals surface area contributed by atoms with E-state index in [1.807, 2.05) is 59.5 Å². The second-order valence-corrected chi connectivity index (χ2v) is 9.48. The number of methoxy groups -OCH3 is 1. The van der Waals surface area contributed by atoms with Crippen molar-refractivity contribution in [1.29, 1.82) is 0 Å². The van der Waals surface area contributed by atoms with Gasteiger partial charge in [0.25, 0.3) is 0 Å². The molecular weight excluding hydrogens is 533 g/mol. The number of benzene rings is 3. The summed E-state index contributed by atoms with van der Waals surface area (Å²) < 4.78 is 11.5. The topological polar surface area (TPSA) is 54.0 Å². The zero-order valence-corrected chi connectivity index (χ0v) is 23.1. The number of nitrogens with zero attached hydrogens (tertiary/aromatic N) is 2. The summed E-state index contributed by atoms with van der Waals surface area (Å²) in [4.78, 5) is 17.7. The predicted octanol–water partition coefficient (Wildman–Crippen LogP) is 5.45. The van der Waals surface area contributed by atoms with E-state index in [9.17, 15) is 4.79 Å². The normalized spacial score (nSPS) is 14.1. The zero-order chi connectivity index (χ0) is 25.3. The highest BCUT2D eigenvalue weighted by Gasteiger charge is 2.28. The molecule has 9 heteroatoms. The van der Waals surface area contributed by atoms with Crippen LogP contribution in [0.3, 0.4) is 0 Å². The fourth-order valence-electron chi connectivity index (χ4n) is 4.26. The van der Waals surface area contributed by atoms with Gasteiger partial charge in [-0.3, -0.25) is 10.1 Å². The first-order valence-electron chi connectivity index (χ1n) is 12.0. The minimum atomic E-state index is -0.467. The Bertz CT molecular complexity index is 1140. The highest BCUT2D eigenvalue weighted by atomic mass is 35.5. The fraction of sp³-hybridized carbons (Fsp3) is 0.321. The third-order valence-electron chi connectivity index (χ3n) is 6.25. The lowest BCUT2D eigenvalue weighted by atomic mass is 10.1. The van der Waals surface area contributed by atoms with Gasteiger partial charge in [-0.2, -0.15) is 0 Å². The van der Waals surface area contributed by atoms with E-state index in [1.165, 1.54) is 0 Å². The number of ether oxygens (including phenoxy) is 2. The number of piperazine rings is 1. The number of carbonyl (C=O) groups excluding carboxylic acids is 1. The second-order valence-electron chi connectivity index (χ2n) is 8.67. The van der Waals surface area contributed by atoms with Gasteiger partial charge in [0.15, 0.2) is 0 Å². The third kappa shape index (κ3) is 8.00. The number of halogens is 3. The van der Waals surface area contributed by atoms with Crippen LogP contribution in [0.2, 0.25) is 10.0 Å². The molecule has 0 aliphatic carbocycles. The highest BCUT2D eigenvalue weighted by molar-refractivity contribution is 6.42. The second kappa shape index (κ2) is 14.5. The van der Waals surface area contributed by atoms with E-state index < -0.39 is 6.04 Å². The molecule has 1 aliphatic heterocycles.